The Morgan fingerprint density at radius 3 is 2.65 bits per heavy atom. The number of benzene rings is 1. The number of likely N-dealkylation sites (tertiary alicyclic amines) is 1. The van der Waals surface area contributed by atoms with Crippen LogP contribution in [0.25, 0.3) is 11.4 Å². The van der Waals surface area contributed by atoms with Crippen LogP contribution in [-0.2, 0) is 4.79 Å². The van der Waals surface area contributed by atoms with Gasteiger partial charge in [-0.3, -0.25) is 4.79 Å². The minimum atomic E-state index is -0.450. The number of aromatic nitrogens is 4. The molecular weight excluding hydrogens is 375 g/mol. The zero-order valence-corrected chi connectivity index (χ0v) is 16.5. The number of hydrogen-bond acceptors (Lipinski definition) is 5. The van der Waals surface area contributed by atoms with Crippen LogP contribution in [0.5, 0.6) is 0 Å². The molecule has 0 aliphatic carbocycles. The van der Waals surface area contributed by atoms with Crippen molar-refractivity contribution < 1.29 is 4.79 Å². The highest BCUT2D eigenvalue weighted by atomic mass is 35.5. The lowest BCUT2D eigenvalue weighted by atomic mass is 9.90. The highest BCUT2D eigenvalue weighted by Gasteiger charge is 2.37. The third kappa shape index (κ3) is 4.16. The fourth-order valence-corrected chi connectivity index (χ4v) is 3.22. The Hall–Kier alpha value is -1.70. The number of hydrogen-bond donors (Lipinski definition) is 1. The smallest absolute Gasteiger partial charge is 0.249 e. The van der Waals surface area contributed by atoms with E-state index in [1.54, 1.807) is 12.1 Å². The molecule has 1 saturated heterocycles. The average molecular weight is 399 g/mol. The van der Waals surface area contributed by atoms with E-state index in [-0.39, 0.29) is 23.7 Å². The van der Waals surface area contributed by atoms with Crippen LogP contribution in [0.2, 0.25) is 5.02 Å². The third-order valence-electron chi connectivity index (χ3n) is 4.84. The van der Waals surface area contributed by atoms with E-state index < -0.39 is 6.04 Å². The zero-order chi connectivity index (χ0) is 18.0. The lowest BCUT2D eigenvalue weighted by molar-refractivity contribution is -0.134. The predicted molar refractivity (Wildman–Crippen MR) is 103 cm³/mol. The summed E-state index contributed by atoms with van der Waals surface area (Å²) in [5, 5.41) is 13.2. The van der Waals surface area contributed by atoms with Gasteiger partial charge < -0.3 is 10.6 Å². The monoisotopic (exact) mass is 398 g/mol. The molecule has 0 bridgehead atoms. The van der Waals surface area contributed by atoms with Crippen molar-refractivity contribution in [2.24, 2.45) is 11.1 Å². The van der Waals surface area contributed by atoms with Crippen LogP contribution >= 0.6 is 24.0 Å². The number of nitrogens with two attached hydrogens (primary N) is 1. The first kappa shape index (κ1) is 20.6. The number of carbonyl (C=O) groups excluding carboxylic acids is 1. The summed E-state index contributed by atoms with van der Waals surface area (Å²) in [6, 6.07) is 6.77. The Kier molecular flexibility index (Phi) is 6.60. The maximum absolute atomic E-state index is 12.9. The van der Waals surface area contributed by atoms with Gasteiger partial charge in [-0.1, -0.05) is 25.4 Å². The number of nitrogens with zero attached hydrogens (tertiary/aromatic N) is 5. The maximum atomic E-state index is 12.9. The van der Waals surface area contributed by atoms with Crippen LogP contribution in [0.15, 0.2) is 24.3 Å². The lowest BCUT2D eigenvalue weighted by Gasteiger charge is -2.25. The molecule has 2 unspecified atom stereocenters. The van der Waals surface area contributed by atoms with Crippen molar-refractivity contribution in [2.45, 2.75) is 32.7 Å². The summed E-state index contributed by atoms with van der Waals surface area (Å²) in [6.45, 7) is 6.05. The minimum absolute atomic E-state index is 0. The van der Waals surface area contributed by atoms with Gasteiger partial charge in [0, 0.05) is 23.7 Å². The number of amides is 1. The van der Waals surface area contributed by atoms with Gasteiger partial charge in [-0.05, 0) is 54.3 Å². The summed E-state index contributed by atoms with van der Waals surface area (Å²) in [4.78, 5) is 16.2. The second kappa shape index (κ2) is 8.33. The quantitative estimate of drug-likeness (QED) is 0.835. The standard InChI is InChI=1S/C17H23ClN6O.ClH/c1-3-14(16(25)23-9-8-17(2,10-19)11-23)24-21-15(20-22-24)12-4-6-13(18)7-5-12;/h4-7,14H,3,8-11,19H2,1-2H3;1H. The molecule has 2 N–H and O–H groups in total. The van der Waals surface area contributed by atoms with Gasteiger partial charge in [-0.2, -0.15) is 4.80 Å². The van der Waals surface area contributed by atoms with E-state index in [1.165, 1.54) is 4.80 Å². The number of halogens is 2. The molecule has 1 aliphatic heterocycles. The first-order valence-electron chi connectivity index (χ1n) is 8.50. The first-order valence-corrected chi connectivity index (χ1v) is 8.88. The van der Waals surface area contributed by atoms with Gasteiger partial charge in [0.15, 0.2) is 6.04 Å². The van der Waals surface area contributed by atoms with Crippen LogP contribution in [0.3, 0.4) is 0 Å². The van der Waals surface area contributed by atoms with Crippen molar-refractivity contribution in [3.63, 3.8) is 0 Å². The third-order valence-corrected chi connectivity index (χ3v) is 5.10. The molecule has 1 aromatic heterocycles. The van der Waals surface area contributed by atoms with Crippen molar-refractivity contribution in [1.29, 1.82) is 0 Å². The fraction of sp³-hybridized carbons (Fsp3) is 0.529. The van der Waals surface area contributed by atoms with Crippen molar-refractivity contribution in [3.05, 3.63) is 29.3 Å². The average Bonchev–Trinajstić information content (AvgIpc) is 3.24. The van der Waals surface area contributed by atoms with E-state index in [4.69, 9.17) is 17.3 Å². The van der Waals surface area contributed by atoms with E-state index in [9.17, 15) is 4.79 Å². The highest BCUT2D eigenvalue weighted by molar-refractivity contribution is 6.30. The van der Waals surface area contributed by atoms with Gasteiger partial charge in [0.25, 0.3) is 0 Å². The molecule has 2 aromatic rings. The van der Waals surface area contributed by atoms with Gasteiger partial charge in [-0.25, -0.2) is 0 Å². The van der Waals surface area contributed by atoms with Crippen LogP contribution in [-0.4, -0.2) is 50.6 Å². The Bertz CT molecular complexity index is 750. The van der Waals surface area contributed by atoms with Gasteiger partial charge in [-0.15, -0.1) is 22.6 Å². The number of rotatable bonds is 5. The van der Waals surface area contributed by atoms with E-state index in [0.717, 1.165) is 18.5 Å². The van der Waals surface area contributed by atoms with Crippen LogP contribution < -0.4 is 5.73 Å². The van der Waals surface area contributed by atoms with E-state index in [1.807, 2.05) is 24.0 Å². The molecule has 1 amide bonds. The van der Waals surface area contributed by atoms with E-state index in [0.29, 0.717) is 30.4 Å². The molecule has 1 aliphatic rings. The summed E-state index contributed by atoms with van der Waals surface area (Å²) < 4.78 is 0. The summed E-state index contributed by atoms with van der Waals surface area (Å²) in [7, 11) is 0. The predicted octanol–water partition coefficient (Wildman–Crippen LogP) is 2.56. The second-order valence-corrected chi connectivity index (χ2v) is 7.33. The molecule has 1 fully saturated rings. The largest absolute Gasteiger partial charge is 0.340 e. The fourth-order valence-electron chi connectivity index (χ4n) is 3.10. The van der Waals surface area contributed by atoms with E-state index >= 15 is 0 Å². The molecule has 0 saturated carbocycles. The van der Waals surface area contributed by atoms with Crippen LogP contribution in [0.4, 0.5) is 0 Å². The SMILES string of the molecule is CCC(C(=O)N1CCC(C)(CN)C1)n1nnc(-c2ccc(Cl)cc2)n1.Cl. The Labute approximate surface area is 164 Å². The summed E-state index contributed by atoms with van der Waals surface area (Å²) in [5.74, 6) is 0.510. The molecule has 142 valence electrons. The van der Waals surface area contributed by atoms with Crippen molar-refractivity contribution >= 4 is 29.9 Å². The van der Waals surface area contributed by atoms with Crippen LogP contribution in [0.1, 0.15) is 32.7 Å². The van der Waals surface area contributed by atoms with Crippen molar-refractivity contribution in [3.8, 4) is 11.4 Å². The maximum Gasteiger partial charge on any atom is 0.249 e. The topological polar surface area (TPSA) is 89.9 Å². The van der Waals surface area contributed by atoms with Gasteiger partial charge in [0.2, 0.25) is 11.7 Å². The normalized spacial score (nSPS) is 20.7. The second-order valence-electron chi connectivity index (χ2n) is 6.89. The van der Waals surface area contributed by atoms with Gasteiger partial charge >= 0.3 is 0 Å². The molecule has 3 rings (SSSR count). The van der Waals surface area contributed by atoms with Crippen molar-refractivity contribution in [1.82, 2.24) is 25.1 Å². The molecule has 9 heteroatoms. The van der Waals surface area contributed by atoms with Gasteiger partial charge in [0.1, 0.15) is 0 Å². The summed E-state index contributed by atoms with van der Waals surface area (Å²) in [5.41, 5.74) is 6.65. The first-order chi connectivity index (χ1) is 12.0. The number of carbonyl (C=O) groups is 1. The Balaban J connectivity index is 0.00000243. The zero-order valence-electron chi connectivity index (χ0n) is 14.9. The molecule has 7 nitrogen and oxygen atoms in total. The summed E-state index contributed by atoms with van der Waals surface area (Å²) in [6.07, 6.45) is 1.53. The van der Waals surface area contributed by atoms with E-state index in [2.05, 4.69) is 22.3 Å². The Morgan fingerprint density at radius 2 is 2.08 bits per heavy atom. The molecule has 0 radical (unpaired) electrons. The van der Waals surface area contributed by atoms with Crippen LogP contribution in [0, 0.1) is 5.41 Å². The molecule has 1 aromatic carbocycles. The molecule has 26 heavy (non-hydrogen) atoms. The molecular formula is C17H24Cl2N6O. The molecule has 0 spiro atoms. The van der Waals surface area contributed by atoms with Crippen molar-refractivity contribution in [2.75, 3.05) is 19.6 Å². The highest BCUT2D eigenvalue weighted by Crippen LogP contribution is 2.30. The molecule has 2 heterocycles. The lowest BCUT2D eigenvalue weighted by Crippen LogP contribution is -2.39. The Morgan fingerprint density at radius 1 is 1.38 bits per heavy atom. The molecule has 2 atom stereocenters. The summed E-state index contributed by atoms with van der Waals surface area (Å²) >= 11 is 5.91. The van der Waals surface area contributed by atoms with Gasteiger partial charge in [0.05, 0.1) is 0 Å². The number of tetrazole rings is 1. The minimum Gasteiger partial charge on any atom is -0.340 e.